The average molecular weight is 431 g/mol. The van der Waals surface area contributed by atoms with E-state index < -0.39 is 0 Å². The van der Waals surface area contributed by atoms with Crippen LogP contribution in [0.25, 0.3) is 0 Å². The summed E-state index contributed by atoms with van der Waals surface area (Å²) in [5.41, 5.74) is 5.06. The summed E-state index contributed by atoms with van der Waals surface area (Å²) < 4.78 is 16.8. The minimum absolute atomic E-state index is 0.130. The molecule has 1 heterocycles. The van der Waals surface area contributed by atoms with E-state index in [1.807, 2.05) is 42.5 Å². The maximum Gasteiger partial charge on any atom is 0.260 e. The van der Waals surface area contributed by atoms with E-state index in [0.29, 0.717) is 42.5 Å². The number of aliphatic imine (C=N–C) groups is 1. The van der Waals surface area contributed by atoms with Crippen molar-refractivity contribution in [2.75, 3.05) is 25.7 Å². The third kappa shape index (κ3) is 4.36. The van der Waals surface area contributed by atoms with Crippen molar-refractivity contribution in [2.45, 2.75) is 19.6 Å². The molecule has 0 spiro atoms. The summed E-state index contributed by atoms with van der Waals surface area (Å²) in [7, 11) is 3.23. The first-order valence-corrected chi connectivity index (χ1v) is 10.4. The number of benzene rings is 3. The number of nitrogens with zero attached hydrogens (tertiary/aromatic N) is 2. The summed E-state index contributed by atoms with van der Waals surface area (Å²) in [6.07, 6.45) is 0.833. The molecule has 164 valence electrons. The van der Waals surface area contributed by atoms with Crippen LogP contribution in [-0.2, 0) is 24.4 Å². The van der Waals surface area contributed by atoms with E-state index in [2.05, 4.69) is 17.8 Å². The molecule has 1 aliphatic rings. The largest absolute Gasteiger partial charge is 0.493 e. The second kappa shape index (κ2) is 9.66. The van der Waals surface area contributed by atoms with Crippen LogP contribution in [0.4, 0.5) is 11.4 Å². The smallest absolute Gasteiger partial charge is 0.260 e. The highest BCUT2D eigenvalue weighted by Crippen LogP contribution is 2.38. The first-order valence-electron chi connectivity index (χ1n) is 10.4. The monoisotopic (exact) mass is 430 g/mol. The second-order valence-corrected chi connectivity index (χ2v) is 7.56. The molecule has 0 unspecified atom stereocenters. The number of amides is 1. The lowest BCUT2D eigenvalue weighted by Crippen LogP contribution is -2.29. The summed E-state index contributed by atoms with van der Waals surface area (Å²) in [5.74, 6) is 0.848. The Kier molecular flexibility index (Phi) is 6.52. The molecule has 6 nitrogen and oxygen atoms in total. The molecule has 1 aliphatic heterocycles. The standard InChI is InChI=1S/C26H26N2O4/c1-27-22-15-25(32-17-19-8-6-7-18(13-19)16-30-2)24(31-3)14-21(22)26(29)28-12-11-20-9-4-5-10-23(20)28/h4-10,13-15H,1,11-12,16-17H2,2-3H3. The van der Waals surface area contributed by atoms with Gasteiger partial charge >= 0.3 is 0 Å². The molecule has 32 heavy (non-hydrogen) atoms. The summed E-state index contributed by atoms with van der Waals surface area (Å²) in [6, 6.07) is 19.3. The van der Waals surface area contributed by atoms with E-state index in [9.17, 15) is 4.79 Å². The molecular formula is C26H26N2O4. The molecule has 3 aromatic rings. The highest BCUT2D eigenvalue weighted by Gasteiger charge is 2.28. The fourth-order valence-electron chi connectivity index (χ4n) is 3.96. The van der Waals surface area contributed by atoms with Gasteiger partial charge in [-0.05, 0) is 42.0 Å². The van der Waals surface area contributed by atoms with E-state index >= 15 is 0 Å². The fraction of sp³-hybridized carbons (Fsp3) is 0.231. The number of carbonyl (C=O) groups excluding carboxylic acids is 1. The molecule has 0 atom stereocenters. The number of para-hydroxylation sites is 1. The van der Waals surface area contributed by atoms with Crippen LogP contribution in [-0.4, -0.2) is 33.4 Å². The SMILES string of the molecule is C=Nc1cc(OCc2cccc(COC)c2)c(OC)cc1C(=O)N1CCc2ccccc21. The summed E-state index contributed by atoms with van der Waals surface area (Å²) >= 11 is 0. The first kappa shape index (κ1) is 21.6. The molecule has 0 aromatic heterocycles. The maximum absolute atomic E-state index is 13.4. The lowest BCUT2D eigenvalue weighted by atomic mass is 10.1. The van der Waals surface area contributed by atoms with Gasteiger partial charge in [-0.25, -0.2) is 0 Å². The van der Waals surface area contributed by atoms with Gasteiger partial charge in [0.15, 0.2) is 11.5 Å². The zero-order valence-corrected chi connectivity index (χ0v) is 18.3. The van der Waals surface area contributed by atoms with Crippen LogP contribution in [0.2, 0.25) is 0 Å². The normalized spacial score (nSPS) is 12.4. The van der Waals surface area contributed by atoms with Crippen LogP contribution in [0.5, 0.6) is 11.5 Å². The van der Waals surface area contributed by atoms with E-state index in [-0.39, 0.29) is 5.91 Å². The molecule has 0 saturated carbocycles. The van der Waals surface area contributed by atoms with Crippen molar-refractivity contribution in [2.24, 2.45) is 4.99 Å². The van der Waals surface area contributed by atoms with Gasteiger partial charge in [-0.3, -0.25) is 9.79 Å². The minimum Gasteiger partial charge on any atom is -0.493 e. The van der Waals surface area contributed by atoms with Crippen molar-refractivity contribution < 1.29 is 19.0 Å². The van der Waals surface area contributed by atoms with Gasteiger partial charge in [0.25, 0.3) is 5.91 Å². The fourth-order valence-corrected chi connectivity index (χ4v) is 3.96. The molecule has 6 heteroatoms. The van der Waals surface area contributed by atoms with Gasteiger partial charge in [0.2, 0.25) is 0 Å². The Hall–Kier alpha value is -3.64. The number of rotatable bonds is 8. The van der Waals surface area contributed by atoms with Crippen LogP contribution in [0, 0.1) is 0 Å². The van der Waals surface area contributed by atoms with Gasteiger partial charge in [0.1, 0.15) is 6.61 Å². The maximum atomic E-state index is 13.4. The number of hydrogen-bond donors (Lipinski definition) is 0. The van der Waals surface area contributed by atoms with Crippen molar-refractivity contribution in [3.63, 3.8) is 0 Å². The molecule has 0 radical (unpaired) electrons. The summed E-state index contributed by atoms with van der Waals surface area (Å²) in [6.45, 7) is 5.18. The van der Waals surface area contributed by atoms with Crippen LogP contribution in [0.1, 0.15) is 27.0 Å². The zero-order chi connectivity index (χ0) is 22.5. The highest BCUT2D eigenvalue weighted by molar-refractivity contribution is 6.10. The molecule has 3 aromatic carbocycles. The van der Waals surface area contributed by atoms with E-state index in [1.54, 1.807) is 31.3 Å². The van der Waals surface area contributed by atoms with Crippen molar-refractivity contribution in [3.8, 4) is 11.5 Å². The molecule has 0 aliphatic carbocycles. The third-order valence-electron chi connectivity index (χ3n) is 5.51. The van der Waals surface area contributed by atoms with Crippen molar-refractivity contribution in [3.05, 3.63) is 82.9 Å². The molecule has 0 bridgehead atoms. The van der Waals surface area contributed by atoms with E-state index in [4.69, 9.17) is 14.2 Å². The number of fused-ring (bicyclic) bond motifs is 1. The summed E-state index contributed by atoms with van der Waals surface area (Å²) in [5, 5.41) is 0. The van der Waals surface area contributed by atoms with Gasteiger partial charge in [-0.15, -0.1) is 0 Å². The molecule has 0 N–H and O–H groups in total. The zero-order valence-electron chi connectivity index (χ0n) is 18.3. The lowest BCUT2D eigenvalue weighted by Gasteiger charge is -2.20. The van der Waals surface area contributed by atoms with E-state index in [1.165, 1.54) is 0 Å². The van der Waals surface area contributed by atoms with Crippen molar-refractivity contribution >= 4 is 24.0 Å². The number of ether oxygens (including phenoxy) is 3. The lowest BCUT2D eigenvalue weighted by molar-refractivity contribution is 0.0989. The Morgan fingerprint density at radius 1 is 1.00 bits per heavy atom. The number of anilines is 1. The molecule has 4 rings (SSSR count). The Balaban J connectivity index is 1.59. The second-order valence-electron chi connectivity index (χ2n) is 7.56. The quantitative estimate of drug-likeness (QED) is 0.474. The van der Waals surface area contributed by atoms with E-state index in [0.717, 1.165) is 28.8 Å². The van der Waals surface area contributed by atoms with Crippen LogP contribution < -0.4 is 14.4 Å². The molecule has 1 amide bonds. The van der Waals surface area contributed by atoms with Gasteiger partial charge in [0, 0.05) is 25.4 Å². The molecule has 0 saturated heterocycles. The van der Waals surface area contributed by atoms with Crippen LogP contribution in [0.15, 0.2) is 65.7 Å². The Morgan fingerprint density at radius 2 is 1.78 bits per heavy atom. The molecular weight excluding hydrogens is 404 g/mol. The molecule has 0 fully saturated rings. The van der Waals surface area contributed by atoms with Crippen LogP contribution >= 0.6 is 0 Å². The summed E-state index contributed by atoms with van der Waals surface area (Å²) in [4.78, 5) is 19.3. The van der Waals surface area contributed by atoms with Gasteiger partial charge in [-0.2, -0.15) is 0 Å². The minimum atomic E-state index is -0.130. The number of carbonyl (C=O) groups is 1. The predicted octanol–water partition coefficient (Wildman–Crippen LogP) is 4.96. The number of hydrogen-bond acceptors (Lipinski definition) is 5. The van der Waals surface area contributed by atoms with Gasteiger partial charge in [-0.1, -0.05) is 42.5 Å². The van der Waals surface area contributed by atoms with Gasteiger partial charge in [0.05, 0.1) is 25.0 Å². The Labute approximate surface area is 188 Å². The Bertz CT molecular complexity index is 1140. The predicted molar refractivity (Wildman–Crippen MR) is 126 cm³/mol. The average Bonchev–Trinajstić information content (AvgIpc) is 3.26. The Morgan fingerprint density at radius 3 is 2.53 bits per heavy atom. The topological polar surface area (TPSA) is 60.4 Å². The highest BCUT2D eigenvalue weighted by atomic mass is 16.5. The van der Waals surface area contributed by atoms with Crippen molar-refractivity contribution in [1.29, 1.82) is 0 Å². The first-order chi connectivity index (χ1) is 15.6. The van der Waals surface area contributed by atoms with Gasteiger partial charge < -0.3 is 19.1 Å². The third-order valence-corrected chi connectivity index (χ3v) is 5.51. The van der Waals surface area contributed by atoms with Crippen LogP contribution in [0.3, 0.4) is 0 Å². The van der Waals surface area contributed by atoms with Crippen molar-refractivity contribution in [1.82, 2.24) is 0 Å². The number of methoxy groups -OCH3 is 2.